The molecule has 0 atom stereocenters. The highest BCUT2D eigenvalue weighted by atomic mass is 79.9. The van der Waals surface area contributed by atoms with Crippen molar-refractivity contribution in [3.05, 3.63) is 91.6 Å². The van der Waals surface area contributed by atoms with Crippen molar-refractivity contribution in [1.29, 1.82) is 0 Å². The SMILES string of the molecule is COc1c(/C=C\c2ccccc2Br)ccc(/C=C\c2cc(F)ccc2Br)c1OC. The van der Waals surface area contributed by atoms with Gasteiger partial charge in [-0.15, -0.1) is 0 Å². The van der Waals surface area contributed by atoms with Crippen LogP contribution in [-0.4, -0.2) is 14.2 Å². The second kappa shape index (κ2) is 9.90. The van der Waals surface area contributed by atoms with Crippen molar-refractivity contribution in [2.75, 3.05) is 14.2 Å². The van der Waals surface area contributed by atoms with Gasteiger partial charge in [-0.3, -0.25) is 0 Å². The largest absolute Gasteiger partial charge is 0.492 e. The zero-order valence-electron chi connectivity index (χ0n) is 16.0. The van der Waals surface area contributed by atoms with E-state index in [1.807, 2.05) is 60.7 Å². The third kappa shape index (κ3) is 5.17. The molecule has 0 N–H and O–H groups in total. The number of hydrogen-bond acceptors (Lipinski definition) is 2. The summed E-state index contributed by atoms with van der Waals surface area (Å²) in [5.74, 6) is 0.965. The Morgan fingerprint density at radius 3 is 1.76 bits per heavy atom. The molecule has 3 aromatic rings. The van der Waals surface area contributed by atoms with Gasteiger partial charge in [-0.05, 0) is 35.4 Å². The first-order valence-corrected chi connectivity index (χ1v) is 10.4. The zero-order valence-corrected chi connectivity index (χ0v) is 19.1. The summed E-state index contributed by atoms with van der Waals surface area (Å²) >= 11 is 6.99. The van der Waals surface area contributed by atoms with E-state index in [0.29, 0.717) is 11.5 Å². The van der Waals surface area contributed by atoms with E-state index in [-0.39, 0.29) is 5.82 Å². The van der Waals surface area contributed by atoms with Gasteiger partial charge < -0.3 is 9.47 Å². The van der Waals surface area contributed by atoms with Gasteiger partial charge in [0, 0.05) is 20.1 Å². The van der Waals surface area contributed by atoms with Crippen molar-refractivity contribution in [1.82, 2.24) is 0 Å². The van der Waals surface area contributed by atoms with Gasteiger partial charge in [0.15, 0.2) is 11.5 Å². The van der Waals surface area contributed by atoms with Gasteiger partial charge in [0.1, 0.15) is 5.82 Å². The molecule has 0 saturated heterocycles. The minimum absolute atomic E-state index is 0.287. The lowest BCUT2D eigenvalue weighted by Gasteiger charge is -2.13. The van der Waals surface area contributed by atoms with E-state index in [1.165, 1.54) is 12.1 Å². The molecular formula is C24H19Br2FO2. The van der Waals surface area contributed by atoms with Crippen molar-refractivity contribution < 1.29 is 13.9 Å². The van der Waals surface area contributed by atoms with Crippen LogP contribution >= 0.6 is 31.9 Å². The van der Waals surface area contributed by atoms with Gasteiger partial charge in [0.25, 0.3) is 0 Å². The van der Waals surface area contributed by atoms with Gasteiger partial charge in [-0.1, -0.05) is 86.5 Å². The molecule has 0 heterocycles. The molecule has 0 aromatic heterocycles. The van der Waals surface area contributed by atoms with E-state index < -0.39 is 0 Å². The fourth-order valence-corrected chi connectivity index (χ4v) is 3.68. The van der Waals surface area contributed by atoms with Crippen LogP contribution < -0.4 is 9.47 Å². The minimum Gasteiger partial charge on any atom is -0.492 e. The van der Waals surface area contributed by atoms with E-state index >= 15 is 0 Å². The van der Waals surface area contributed by atoms with Crippen molar-refractivity contribution in [2.45, 2.75) is 0 Å². The molecule has 0 spiro atoms. The van der Waals surface area contributed by atoms with Crippen LogP contribution in [0.4, 0.5) is 4.39 Å². The first-order chi connectivity index (χ1) is 14.0. The van der Waals surface area contributed by atoms with Crippen LogP contribution in [0.2, 0.25) is 0 Å². The van der Waals surface area contributed by atoms with Crippen LogP contribution in [0.1, 0.15) is 22.3 Å². The molecule has 29 heavy (non-hydrogen) atoms. The predicted molar refractivity (Wildman–Crippen MR) is 126 cm³/mol. The Bertz CT molecular complexity index is 1070. The highest BCUT2D eigenvalue weighted by molar-refractivity contribution is 9.10. The summed E-state index contributed by atoms with van der Waals surface area (Å²) in [6.07, 6.45) is 7.71. The Balaban J connectivity index is 1.97. The molecule has 3 rings (SSSR count). The van der Waals surface area contributed by atoms with Crippen LogP contribution in [0, 0.1) is 5.82 Å². The summed E-state index contributed by atoms with van der Waals surface area (Å²) in [5, 5.41) is 0. The number of halogens is 3. The molecule has 0 saturated carbocycles. The third-order valence-electron chi connectivity index (χ3n) is 4.33. The molecule has 148 valence electrons. The zero-order chi connectivity index (χ0) is 20.8. The maximum Gasteiger partial charge on any atom is 0.168 e. The van der Waals surface area contributed by atoms with Crippen LogP contribution in [-0.2, 0) is 0 Å². The average Bonchev–Trinajstić information content (AvgIpc) is 2.73. The Hall–Kier alpha value is -2.37. The summed E-state index contributed by atoms with van der Waals surface area (Å²) in [4.78, 5) is 0. The van der Waals surface area contributed by atoms with Crippen LogP contribution in [0.5, 0.6) is 11.5 Å². The Morgan fingerprint density at radius 1 is 0.655 bits per heavy atom. The molecule has 0 unspecified atom stereocenters. The molecule has 0 aliphatic carbocycles. The van der Waals surface area contributed by atoms with Crippen molar-refractivity contribution in [2.24, 2.45) is 0 Å². The summed E-state index contributed by atoms with van der Waals surface area (Å²) in [5.41, 5.74) is 3.53. The van der Waals surface area contributed by atoms with Gasteiger partial charge in [-0.25, -0.2) is 4.39 Å². The van der Waals surface area contributed by atoms with Crippen molar-refractivity contribution in [3.63, 3.8) is 0 Å². The highest BCUT2D eigenvalue weighted by Crippen LogP contribution is 2.37. The molecule has 0 bridgehead atoms. The maximum absolute atomic E-state index is 13.5. The number of benzene rings is 3. The lowest BCUT2D eigenvalue weighted by molar-refractivity contribution is 0.354. The molecule has 5 heteroatoms. The molecular weight excluding hydrogens is 499 g/mol. The summed E-state index contributed by atoms with van der Waals surface area (Å²) in [6, 6.07) is 16.5. The fourth-order valence-electron chi connectivity index (χ4n) is 2.89. The number of hydrogen-bond donors (Lipinski definition) is 0. The average molecular weight is 518 g/mol. The number of methoxy groups -OCH3 is 2. The van der Waals surface area contributed by atoms with Crippen LogP contribution in [0.3, 0.4) is 0 Å². The van der Waals surface area contributed by atoms with Gasteiger partial charge >= 0.3 is 0 Å². The monoisotopic (exact) mass is 516 g/mol. The fraction of sp³-hybridized carbons (Fsp3) is 0.0833. The first-order valence-electron chi connectivity index (χ1n) is 8.84. The summed E-state index contributed by atoms with van der Waals surface area (Å²) in [6.45, 7) is 0. The third-order valence-corrected chi connectivity index (χ3v) is 5.77. The molecule has 0 fully saturated rings. The first kappa shape index (κ1) is 21.3. The van der Waals surface area contributed by atoms with Gasteiger partial charge in [-0.2, -0.15) is 0 Å². The Kier molecular flexibility index (Phi) is 7.29. The lowest BCUT2D eigenvalue weighted by Crippen LogP contribution is -1.95. The topological polar surface area (TPSA) is 18.5 Å². The van der Waals surface area contributed by atoms with E-state index in [4.69, 9.17) is 9.47 Å². The maximum atomic E-state index is 13.5. The number of rotatable bonds is 6. The van der Waals surface area contributed by atoms with E-state index in [9.17, 15) is 4.39 Å². The van der Waals surface area contributed by atoms with E-state index in [2.05, 4.69) is 31.9 Å². The van der Waals surface area contributed by atoms with Crippen molar-refractivity contribution in [3.8, 4) is 11.5 Å². The minimum atomic E-state index is -0.287. The Labute approximate surface area is 186 Å². The van der Waals surface area contributed by atoms with Gasteiger partial charge in [0.2, 0.25) is 0 Å². The smallest absolute Gasteiger partial charge is 0.168 e. The second-order valence-corrected chi connectivity index (χ2v) is 7.87. The van der Waals surface area contributed by atoms with Crippen LogP contribution in [0.25, 0.3) is 24.3 Å². The molecule has 3 aromatic carbocycles. The van der Waals surface area contributed by atoms with E-state index in [1.54, 1.807) is 20.3 Å². The predicted octanol–water partition coefficient (Wildman–Crippen LogP) is 7.71. The van der Waals surface area contributed by atoms with Crippen molar-refractivity contribution >= 4 is 56.2 Å². The molecule has 0 aliphatic rings. The summed E-state index contributed by atoms with van der Waals surface area (Å²) < 4.78 is 26.6. The second-order valence-electron chi connectivity index (χ2n) is 6.16. The standard InChI is InChI=1S/C24H19Br2FO2/c1-28-23-17(8-7-16-5-3-4-6-21(16)25)9-10-18(24(23)29-2)11-12-19-15-20(27)13-14-22(19)26/h3-15H,1-2H3/b8-7-,12-11-. The quantitative estimate of drug-likeness (QED) is 0.312. The molecule has 0 aliphatic heterocycles. The molecule has 0 amide bonds. The summed E-state index contributed by atoms with van der Waals surface area (Å²) in [7, 11) is 3.22. The van der Waals surface area contributed by atoms with Gasteiger partial charge in [0.05, 0.1) is 14.2 Å². The van der Waals surface area contributed by atoms with E-state index in [0.717, 1.165) is 31.2 Å². The lowest BCUT2D eigenvalue weighted by atomic mass is 10.1. The molecule has 2 nitrogen and oxygen atoms in total. The molecule has 0 radical (unpaired) electrons. The highest BCUT2D eigenvalue weighted by Gasteiger charge is 2.12. The van der Waals surface area contributed by atoms with Crippen LogP contribution in [0.15, 0.2) is 63.5 Å². The normalized spacial score (nSPS) is 11.3. The number of ether oxygens (including phenoxy) is 2. The Morgan fingerprint density at radius 2 is 1.17 bits per heavy atom.